The van der Waals surface area contributed by atoms with Crippen LogP contribution in [0.25, 0.3) is 16.2 Å². The van der Waals surface area contributed by atoms with Crippen LogP contribution in [-0.4, -0.2) is 29.9 Å². The van der Waals surface area contributed by atoms with Crippen LogP contribution in [0, 0.1) is 0 Å². The standard InChI is InChI=1S/C14H12N2O3S/c1-18-9-3-4-10(12(7-9)19-2)13-11(8-17)16-5-6-20-14(16)15-13/h3-8H,1-2H3. The largest absolute Gasteiger partial charge is 0.497 e. The summed E-state index contributed by atoms with van der Waals surface area (Å²) in [5.41, 5.74) is 1.90. The summed E-state index contributed by atoms with van der Waals surface area (Å²) in [5.74, 6) is 1.32. The number of hydrogen-bond acceptors (Lipinski definition) is 5. The number of aromatic nitrogens is 2. The number of hydrogen-bond donors (Lipinski definition) is 0. The molecule has 0 aliphatic heterocycles. The molecular formula is C14H12N2O3S. The van der Waals surface area contributed by atoms with Crippen molar-refractivity contribution in [2.45, 2.75) is 0 Å². The molecule has 0 N–H and O–H groups in total. The SMILES string of the molecule is COc1ccc(-c2nc3sccn3c2C=O)c(OC)c1. The Bertz CT molecular complexity index is 776. The average Bonchev–Trinajstić information content (AvgIpc) is 3.06. The fourth-order valence-corrected chi connectivity index (χ4v) is 2.83. The zero-order valence-corrected chi connectivity index (χ0v) is 11.8. The molecule has 0 saturated heterocycles. The topological polar surface area (TPSA) is 52.8 Å². The molecule has 102 valence electrons. The number of carbonyl (C=O) groups excluding carboxylic acids is 1. The van der Waals surface area contributed by atoms with Crippen LogP contribution in [0.2, 0.25) is 0 Å². The van der Waals surface area contributed by atoms with E-state index in [0.29, 0.717) is 22.9 Å². The molecule has 0 fully saturated rings. The number of methoxy groups -OCH3 is 2. The van der Waals surface area contributed by atoms with Crippen molar-refractivity contribution in [2.75, 3.05) is 14.2 Å². The van der Waals surface area contributed by atoms with Crippen molar-refractivity contribution >= 4 is 22.6 Å². The van der Waals surface area contributed by atoms with E-state index in [9.17, 15) is 4.79 Å². The van der Waals surface area contributed by atoms with Gasteiger partial charge in [0.05, 0.1) is 14.2 Å². The Labute approximate surface area is 119 Å². The van der Waals surface area contributed by atoms with Crippen LogP contribution in [0.3, 0.4) is 0 Å². The number of benzene rings is 1. The minimum Gasteiger partial charge on any atom is -0.497 e. The van der Waals surface area contributed by atoms with Crippen LogP contribution in [0.5, 0.6) is 11.5 Å². The molecule has 0 radical (unpaired) electrons. The third kappa shape index (κ3) is 1.85. The van der Waals surface area contributed by atoms with Gasteiger partial charge in [-0.15, -0.1) is 11.3 Å². The highest BCUT2D eigenvalue weighted by Crippen LogP contribution is 2.35. The lowest BCUT2D eigenvalue weighted by atomic mass is 10.1. The Morgan fingerprint density at radius 1 is 1.30 bits per heavy atom. The van der Waals surface area contributed by atoms with Gasteiger partial charge in [-0.1, -0.05) is 0 Å². The van der Waals surface area contributed by atoms with Gasteiger partial charge in [0, 0.05) is 23.2 Å². The Morgan fingerprint density at radius 2 is 2.15 bits per heavy atom. The summed E-state index contributed by atoms with van der Waals surface area (Å²) >= 11 is 1.48. The number of nitrogens with zero attached hydrogens (tertiary/aromatic N) is 2. The lowest BCUT2D eigenvalue weighted by Gasteiger charge is -2.09. The molecule has 0 spiro atoms. The van der Waals surface area contributed by atoms with Gasteiger partial charge in [0.2, 0.25) is 0 Å². The molecule has 0 aliphatic rings. The molecule has 0 amide bonds. The first kappa shape index (κ1) is 12.7. The molecule has 0 saturated carbocycles. The fourth-order valence-electron chi connectivity index (χ4n) is 2.11. The fraction of sp³-hybridized carbons (Fsp3) is 0.143. The maximum Gasteiger partial charge on any atom is 0.194 e. The number of ether oxygens (including phenoxy) is 2. The molecule has 6 heteroatoms. The second-order valence-electron chi connectivity index (χ2n) is 4.09. The molecule has 0 atom stereocenters. The molecular weight excluding hydrogens is 276 g/mol. The zero-order chi connectivity index (χ0) is 14.1. The van der Waals surface area contributed by atoms with Crippen molar-refractivity contribution in [3.63, 3.8) is 0 Å². The first-order chi connectivity index (χ1) is 9.78. The molecule has 20 heavy (non-hydrogen) atoms. The van der Waals surface area contributed by atoms with Gasteiger partial charge in [-0.25, -0.2) is 4.98 Å². The third-order valence-corrected chi connectivity index (χ3v) is 3.83. The lowest BCUT2D eigenvalue weighted by Crippen LogP contribution is -1.94. The van der Waals surface area contributed by atoms with E-state index in [1.807, 2.05) is 23.7 Å². The molecule has 5 nitrogen and oxygen atoms in total. The van der Waals surface area contributed by atoms with Crippen LogP contribution in [0.15, 0.2) is 29.8 Å². The van der Waals surface area contributed by atoms with E-state index in [4.69, 9.17) is 9.47 Å². The predicted molar refractivity (Wildman–Crippen MR) is 77.0 cm³/mol. The Morgan fingerprint density at radius 3 is 2.85 bits per heavy atom. The number of rotatable bonds is 4. The van der Waals surface area contributed by atoms with E-state index in [2.05, 4.69) is 4.98 Å². The number of fused-ring (bicyclic) bond motifs is 1. The number of carbonyl (C=O) groups is 1. The van der Waals surface area contributed by atoms with E-state index in [-0.39, 0.29) is 0 Å². The van der Waals surface area contributed by atoms with Crippen LogP contribution in [0.1, 0.15) is 10.5 Å². The van der Waals surface area contributed by atoms with Crippen molar-refractivity contribution in [1.82, 2.24) is 9.38 Å². The first-order valence-corrected chi connectivity index (χ1v) is 6.79. The average molecular weight is 288 g/mol. The maximum absolute atomic E-state index is 11.4. The van der Waals surface area contributed by atoms with E-state index >= 15 is 0 Å². The molecule has 0 bridgehead atoms. The van der Waals surface area contributed by atoms with E-state index in [1.165, 1.54) is 11.3 Å². The Hall–Kier alpha value is -2.34. The van der Waals surface area contributed by atoms with Crippen molar-refractivity contribution in [3.05, 3.63) is 35.5 Å². The van der Waals surface area contributed by atoms with Crippen molar-refractivity contribution in [1.29, 1.82) is 0 Å². The van der Waals surface area contributed by atoms with Crippen LogP contribution in [-0.2, 0) is 0 Å². The first-order valence-electron chi connectivity index (χ1n) is 5.91. The van der Waals surface area contributed by atoms with E-state index < -0.39 is 0 Å². The summed E-state index contributed by atoms with van der Waals surface area (Å²) in [6.45, 7) is 0. The summed E-state index contributed by atoms with van der Waals surface area (Å²) in [5, 5.41) is 1.89. The Kier molecular flexibility index (Phi) is 3.15. The minimum atomic E-state index is 0.518. The minimum absolute atomic E-state index is 0.518. The third-order valence-electron chi connectivity index (χ3n) is 3.07. The number of thiazole rings is 1. The lowest BCUT2D eigenvalue weighted by molar-refractivity contribution is 0.111. The highest BCUT2D eigenvalue weighted by Gasteiger charge is 2.18. The highest BCUT2D eigenvalue weighted by molar-refractivity contribution is 7.15. The smallest absolute Gasteiger partial charge is 0.194 e. The van der Waals surface area contributed by atoms with Gasteiger partial charge in [-0.2, -0.15) is 0 Å². The molecule has 2 aromatic heterocycles. The summed E-state index contributed by atoms with van der Waals surface area (Å²) in [7, 11) is 3.18. The van der Waals surface area contributed by atoms with Crippen molar-refractivity contribution in [3.8, 4) is 22.8 Å². The summed E-state index contributed by atoms with van der Waals surface area (Å²) in [4.78, 5) is 16.7. The quantitative estimate of drug-likeness (QED) is 0.693. The molecule has 0 unspecified atom stereocenters. The second-order valence-corrected chi connectivity index (χ2v) is 4.96. The van der Waals surface area contributed by atoms with E-state index in [0.717, 1.165) is 16.8 Å². The summed E-state index contributed by atoms with van der Waals surface area (Å²) in [6, 6.07) is 5.44. The molecule has 3 rings (SSSR count). The highest BCUT2D eigenvalue weighted by atomic mass is 32.1. The van der Waals surface area contributed by atoms with Gasteiger partial charge in [0.1, 0.15) is 22.9 Å². The van der Waals surface area contributed by atoms with Crippen LogP contribution in [0.4, 0.5) is 0 Å². The summed E-state index contributed by atoms with van der Waals surface area (Å²) in [6.07, 6.45) is 2.64. The zero-order valence-electron chi connectivity index (χ0n) is 11.0. The van der Waals surface area contributed by atoms with Gasteiger partial charge in [0.15, 0.2) is 11.2 Å². The van der Waals surface area contributed by atoms with Gasteiger partial charge < -0.3 is 9.47 Å². The van der Waals surface area contributed by atoms with Crippen LogP contribution < -0.4 is 9.47 Å². The molecule has 0 aliphatic carbocycles. The van der Waals surface area contributed by atoms with Crippen molar-refractivity contribution in [2.24, 2.45) is 0 Å². The second kappa shape index (κ2) is 4.97. The van der Waals surface area contributed by atoms with Crippen molar-refractivity contribution < 1.29 is 14.3 Å². The van der Waals surface area contributed by atoms with Gasteiger partial charge in [-0.05, 0) is 12.1 Å². The normalized spacial score (nSPS) is 10.7. The number of imidazole rings is 1. The molecule has 2 heterocycles. The van der Waals surface area contributed by atoms with Crippen LogP contribution >= 0.6 is 11.3 Å². The Balaban J connectivity index is 2.24. The van der Waals surface area contributed by atoms with Gasteiger partial charge in [0.25, 0.3) is 0 Å². The maximum atomic E-state index is 11.4. The molecule has 3 aromatic rings. The van der Waals surface area contributed by atoms with Gasteiger partial charge in [-0.3, -0.25) is 9.20 Å². The monoisotopic (exact) mass is 288 g/mol. The number of aldehydes is 1. The van der Waals surface area contributed by atoms with E-state index in [1.54, 1.807) is 24.7 Å². The summed E-state index contributed by atoms with van der Waals surface area (Å²) < 4.78 is 12.3. The molecule has 1 aromatic carbocycles. The predicted octanol–water partition coefficient (Wildman–Crippen LogP) is 2.89. The van der Waals surface area contributed by atoms with Gasteiger partial charge >= 0.3 is 0 Å².